The molecule has 0 aromatic carbocycles. The van der Waals surface area contributed by atoms with E-state index in [-0.39, 0.29) is 0 Å². The minimum Gasteiger partial charge on any atom is -0.367 e. The van der Waals surface area contributed by atoms with Gasteiger partial charge >= 0.3 is 0 Å². The van der Waals surface area contributed by atoms with Crippen molar-refractivity contribution in [1.29, 1.82) is 0 Å². The van der Waals surface area contributed by atoms with Crippen LogP contribution in [0.15, 0.2) is 18.5 Å². The van der Waals surface area contributed by atoms with Crippen molar-refractivity contribution in [1.82, 2.24) is 4.98 Å². The molecule has 0 aliphatic carbocycles. The number of aromatic amines is 1. The van der Waals surface area contributed by atoms with Gasteiger partial charge in [0.05, 0.1) is 0 Å². The quantitative estimate of drug-likeness (QED) is 0.539. The fraction of sp³-hybridized carbons (Fsp3) is 0. The average molecular weight is 94.1 g/mol. The smallest absolute Gasteiger partial charge is 0.235 e. The molecule has 0 saturated carbocycles. The topological polar surface area (TPSA) is 32.9 Å². The summed E-state index contributed by atoms with van der Waals surface area (Å²) < 4.78 is 0. The average Bonchev–Trinajstić information content (AvgIpc) is 2.14. The number of rotatable bonds is 1. The lowest BCUT2D eigenvalue weighted by Crippen LogP contribution is -1.67. The predicted molar refractivity (Wildman–Crippen MR) is 25.6 cm³/mol. The third-order valence-corrected chi connectivity index (χ3v) is 0.716. The van der Waals surface area contributed by atoms with Gasteiger partial charge in [-0.05, 0) is 6.07 Å². The van der Waals surface area contributed by atoms with E-state index in [9.17, 15) is 4.79 Å². The Morgan fingerprint density at radius 1 is 1.71 bits per heavy atom. The number of nitrogens with one attached hydrogen (secondary N) is 1. The zero-order valence-electron chi connectivity index (χ0n) is 3.64. The largest absolute Gasteiger partial charge is 0.367 e. The molecule has 2 nitrogen and oxygen atoms in total. The molecular weight excluding hydrogens is 90.1 g/mol. The Labute approximate surface area is 41.2 Å². The number of H-pyrrole nitrogens is 1. The molecule has 0 aliphatic rings. The van der Waals surface area contributed by atoms with Crippen LogP contribution in [-0.2, 0) is 4.79 Å². The van der Waals surface area contributed by atoms with Crippen molar-refractivity contribution in [2.45, 2.75) is 0 Å². The van der Waals surface area contributed by atoms with Crippen LogP contribution in [0.3, 0.4) is 0 Å². The second-order valence-corrected chi connectivity index (χ2v) is 1.20. The maximum atomic E-state index is 9.72. The maximum absolute atomic E-state index is 9.72. The zero-order valence-corrected chi connectivity index (χ0v) is 3.64. The highest BCUT2D eigenvalue weighted by atomic mass is 16.1. The lowest BCUT2D eigenvalue weighted by atomic mass is 10.4. The first-order valence-electron chi connectivity index (χ1n) is 1.94. The summed E-state index contributed by atoms with van der Waals surface area (Å²) in [6, 6.07) is 1.66. The molecule has 35 valence electrons. The Balaban J connectivity index is 2.96. The Morgan fingerprint density at radius 2 is 2.57 bits per heavy atom. The monoisotopic (exact) mass is 94.0 g/mol. The van der Waals surface area contributed by atoms with Gasteiger partial charge in [0.15, 0.2) is 0 Å². The van der Waals surface area contributed by atoms with E-state index >= 15 is 0 Å². The van der Waals surface area contributed by atoms with Crippen LogP contribution in [0.5, 0.6) is 0 Å². The molecule has 7 heavy (non-hydrogen) atoms. The van der Waals surface area contributed by atoms with Crippen molar-refractivity contribution in [3.63, 3.8) is 0 Å². The zero-order chi connectivity index (χ0) is 5.11. The highest BCUT2D eigenvalue weighted by molar-refractivity contribution is 5.74. The van der Waals surface area contributed by atoms with E-state index < -0.39 is 0 Å². The molecule has 1 radical (unpaired) electrons. The fourth-order valence-corrected chi connectivity index (χ4v) is 0.387. The molecule has 0 unspecified atom stereocenters. The van der Waals surface area contributed by atoms with Crippen molar-refractivity contribution in [2.24, 2.45) is 0 Å². The van der Waals surface area contributed by atoms with E-state index in [4.69, 9.17) is 0 Å². The summed E-state index contributed by atoms with van der Waals surface area (Å²) in [4.78, 5) is 12.4. The molecule has 1 N–H and O–H groups in total. The van der Waals surface area contributed by atoms with Crippen LogP contribution in [0.1, 0.15) is 5.56 Å². The van der Waals surface area contributed by atoms with Gasteiger partial charge in [-0.3, -0.25) is 4.79 Å². The second-order valence-electron chi connectivity index (χ2n) is 1.20. The Hall–Kier alpha value is -1.05. The highest BCUT2D eigenvalue weighted by Crippen LogP contribution is 1.87. The van der Waals surface area contributed by atoms with E-state index in [1.54, 1.807) is 24.7 Å². The third-order valence-electron chi connectivity index (χ3n) is 0.716. The standard InChI is InChI=1S/C5H4NO/c7-4-5-1-2-6-3-5/h1-3,6H. The van der Waals surface area contributed by atoms with Crippen LogP contribution in [0.25, 0.3) is 0 Å². The molecule has 0 amide bonds. The lowest BCUT2D eigenvalue weighted by Gasteiger charge is -1.63. The van der Waals surface area contributed by atoms with Crippen LogP contribution in [0, 0.1) is 0 Å². The molecule has 0 bridgehead atoms. The number of carbonyl (C=O) groups excluding carboxylic acids is 1. The molecule has 2 heteroatoms. The van der Waals surface area contributed by atoms with Crippen LogP contribution in [0.2, 0.25) is 0 Å². The molecule has 0 fully saturated rings. The van der Waals surface area contributed by atoms with Crippen LogP contribution in [0.4, 0.5) is 0 Å². The van der Waals surface area contributed by atoms with Gasteiger partial charge in [-0.25, -0.2) is 0 Å². The first-order valence-corrected chi connectivity index (χ1v) is 1.94. The summed E-state index contributed by atoms with van der Waals surface area (Å²) in [6.45, 7) is 0. The van der Waals surface area contributed by atoms with Crippen LogP contribution < -0.4 is 0 Å². The minimum atomic E-state index is 0.569. The molecule has 1 heterocycles. The third kappa shape index (κ3) is 0.682. The Kier molecular flexibility index (Phi) is 0.941. The summed E-state index contributed by atoms with van der Waals surface area (Å²) in [6.07, 6.45) is 5.00. The van der Waals surface area contributed by atoms with Crippen LogP contribution in [-0.4, -0.2) is 11.3 Å². The SMILES string of the molecule is O=[C]c1cc[nH]c1. The first kappa shape index (κ1) is 4.12. The summed E-state index contributed by atoms with van der Waals surface area (Å²) in [5, 5.41) is 0. The van der Waals surface area contributed by atoms with Crippen molar-refractivity contribution >= 4 is 6.29 Å². The van der Waals surface area contributed by atoms with Gasteiger partial charge in [-0.15, -0.1) is 0 Å². The molecular formula is C5H4NO. The highest BCUT2D eigenvalue weighted by Gasteiger charge is 1.83. The van der Waals surface area contributed by atoms with Gasteiger partial charge in [0.25, 0.3) is 0 Å². The molecule has 0 aliphatic heterocycles. The number of hydrogen-bond acceptors (Lipinski definition) is 1. The fourth-order valence-electron chi connectivity index (χ4n) is 0.387. The minimum absolute atomic E-state index is 0.569. The Bertz CT molecular complexity index is 143. The lowest BCUT2D eigenvalue weighted by molar-refractivity contribution is 0.563. The van der Waals surface area contributed by atoms with Gasteiger partial charge in [0.2, 0.25) is 6.29 Å². The van der Waals surface area contributed by atoms with Gasteiger partial charge in [0, 0.05) is 18.0 Å². The molecule has 0 spiro atoms. The summed E-state index contributed by atoms with van der Waals surface area (Å²) >= 11 is 0. The summed E-state index contributed by atoms with van der Waals surface area (Å²) in [5.41, 5.74) is 0.569. The van der Waals surface area contributed by atoms with Crippen molar-refractivity contribution in [2.75, 3.05) is 0 Å². The van der Waals surface area contributed by atoms with Gasteiger partial charge < -0.3 is 4.98 Å². The van der Waals surface area contributed by atoms with Gasteiger partial charge in [-0.1, -0.05) is 0 Å². The van der Waals surface area contributed by atoms with Crippen molar-refractivity contribution < 1.29 is 4.79 Å². The summed E-state index contributed by atoms with van der Waals surface area (Å²) in [7, 11) is 0. The van der Waals surface area contributed by atoms with Crippen molar-refractivity contribution in [3.8, 4) is 0 Å². The van der Waals surface area contributed by atoms with Crippen LogP contribution >= 0.6 is 0 Å². The van der Waals surface area contributed by atoms with Gasteiger partial charge in [-0.2, -0.15) is 0 Å². The maximum Gasteiger partial charge on any atom is 0.235 e. The van der Waals surface area contributed by atoms with E-state index in [2.05, 4.69) is 4.98 Å². The summed E-state index contributed by atoms with van der Waals surface area (Å²) in [5.74, 6) is 0. The molecule has 1 aromatic rings. The normalized spacial score (nSPS) is 8.57. The van der Waals surface area contributed by atoms with E-state index in [1.807, 2.05) is 0 Å². The molecule has 1 rings (SSSR count). The molecule has 0 atom stereocenters. The number of hydrogen-bond donors (Lipinski definition) is 1. The van der Waals surface area contributed by atoms with E-state index in [0.29, 0.717) is 5.56 Å². The van der Waals surface area contributed by atoms with E-state index in [0.717, 1.165) is 0 Å². The number of aromatic nitrogens is 1. The molecule has 1 aromatic heterocycles. The molecule has 0 saturated heterocycles. The second kappa shape index (κ2) is 1.60. The van der Waals surface area contributed by atoms with Crippen molar-refractivity contribution in [3.05, 3.63) is 24.0 Å². The van der Waals surface area contributed by atoms with E-state index in [1.165, 1.54) is 0 Å². The van der Waals surface area contributed by atoms with Gasteiger partial charge in [0.1, 0.15) is 0 Å². The Morgan fingerprint density at radius 3 is 2.86 bits per heavy atom. The first-order chi connectivity index (χ1) is 3.43. The predicted octanol–water partition coefficient (Wildman–Crippen LogP) is 0.472.